The summed E-state index contributed by atoms with van der Waals surface area (Å²) in [6.45, 7) is 0. The summed E-state index contributed by atoms with van der Waals surface area (Å²) in [6.07, 6.45) is 1.37. The van der Waals surface area contributed by atoms with E-state index < -0.39 is 23.5 Å². The summed E-state index contributed by atoms with van der Waals surface area (Å²) >= 11 is 7.21. The second-order valence-electron chi connectivity index (χ2n) is 6.11. The molecule has 0 fully saturated rings. The Morgan fingerprint density at radius 1 is 1.11 bits per heavy atom. The number of halogens is 1. The number of ketones is 1. The number of hydrogen-bond acceptors (Lipinski definition) is 5. The van der Waals surface area contributed by atoms with E-state index in [1.54, 1.807) is 41.8 Å². The molecule has 0 saturated carbocycles. The lowest BCUT2D eigenvalue weighted by atomic mass is 9.95. The minimum Gasteiger partial charge on any atom is -0.503 e. The van der Waals surface area contributed by atoms with Gasteiger partial charge in [0, 0.05) is 17.3 Å². The molecule has 0 spiro atoms. The van der Waals surface area contributed by atoms with Crippen molar-refractivity contribution in [1.82, 2.24) is 4.98 Å². The number of aromatic nitrogens is 1. The fraction of sp³-hybridized carbons (Fsp3) is 0.0500. The van der Waals surface area contributed by atoms with Crippen LogP contribution in [0.3, 0.4) is 0 Å². The number of nitrogens with zero attached hydrogens (tertiary/aromatic N) is 1. The smallest absolute Gasteiger partial charge is 0.294 e. The number of aromatic amines is 1. The summed E-state index contributed by atoms with van der Waals surface area (Å²) in [4.78, 5) is 41.6. The Labute approximate surface area is 168 Å². The van der Waals surface area contributed by atoms with Crippen molar-refractivity contribution in [3.8, 4) is 0 Å². The van der Waals surface area contributed by atoms with Gasteiger partial charge in [-0.25, -0.2) is 0 Å². The molecule has 1 amide bonds. The van der Waals surface area contributed by atoms with E-state index in [0.29, 0.717) is 21.2 Å². The third kappa shape index (κ3) is 3.04. The lowest BCUT2D eigenvalue weighted by Crippen LogP contribution is -2.31. The van der Waals surface area contributed by atoms with Gasteiger partial charge in [-0.15, -0.1) is 11.3 Å². The minimum absolute atomic E-state index is 0.0130. The molecule has 0 bridgehead atoms. The molecule has 0 aliphatic carbocycles. The molecule has 1 aliphatic rings. The van der Waals surface area contributed by atoms with Crippen LogP contribution >= 0.6 is 22.9 Å². The maximum absolute atomic E-state index is 13.1. The van der Waals surface area contributed by atoms with Crippen LogP contribution in [0.1, 0.15) is 21.3 Å². The summed E-state index contributed by atoms with van der Waals surface area (Å²) in [6, 6.07) is 11.9. The number of amides is 1. The van der Waals surface area contributed by atoms with Gasteiger partial charge >= 0.3 is 0 Å². The molecular formula is C20H13ClN2O4S. The molecule has 1 atom stereocenters. The molecule has 0 saturated heterocycles. The largest absolute Gasteiger partial charge is 0.503 e. The summed E-state index contributed by atoms with van der Waals surface area (Å²) in [5.74, 6) is -1.75. The molecule has 0 radical (unpaired) electrons. The molecule has 2 N–H and O–H groups in total. The van der Waals surface area contributed by atoms with Crippen molar-refractivity contribution in [3.05, 3.63) is 97.3 Å². The Balaban J connectivity index is 1.89. The second kappa shape index (κ2) is 7.10. The third-order valence-corrected chi connectivity index (χ3v) is 5.55. The van der Waals surface area contributed by atoms with Crippen molar-refractivity contribution >= 4 is 40.3 Å². The number of carbonyl (C=O) groups excluding carboxylic acids is 2. The van der Waals surface area contributed by atoms with E-state index in [-0.39, 0.29) is 11.1 Å². The zero-order valence-electron chi connectivity index (χ0n) is 14.3. The van der Waals surface area contributed by atoms with Gasteiger partial charge in [0.25, 0.3) is 5.91 Å². The van der Waals surface area contributed by atoms with Gasteiger partial charge in [0.2, 0.25) is 11.3 Å². The van der Waals surface area contributed by atoms with Gasteiger partial charge < -0.3 is 10.1 Å². The molecule has 28 heavy (non-hydrogen) atoms. The zero-order chi connectivity index (χ0) is 19.8. The molecule has 3 aromatic rings. The summed E-state index contributed by atoms with van der Waals surface area (Å²) in [5, 5.41) is 12.8. The number of rotatable bonds is 4. The van der Waals surface area contributed by atoms with Gasteiger partial charge in [-0.05, 0) is 35.2 Å². The van der Waals surface area contributed by atoms with Crippen molar-refractivity contribution in [2.24, 2.45) is 0 Å². The fourth-order valence-electron chi connectivity index (χ4n) is 3.16. The number of anilines is 1. The van der Waals surface area contributed by atoms with E-state index in [1.807, 2.05) is 0 Å². The molecule has 1 aromatic carbocycles. The first-order valence-electron chi connectivity index (χ1n) is 8.26. The van der Waals surface area contributed by atoms with Gasteiger partial charge in [-0.3, -0.25) is 19.3 Å². The van der Waals surface area contributed by atoms with Crippen molar-refractivity contribution < 1.29 is 14.7 Å². The van der Waals surface area contributed by atoms with Gasteiger partial charge in [0.1, 0.15) is 0 Å². The van der Waals surface area contributed by atoms with E-state index >= 15 is 0 Å². The standard InChI is InChI=1S/C20H13ClN2O4S/c21-12-5-3-11(4-6-12)17-16(18(25)14-2-1-9-28-14)19(26)20(27)23(17)13-7-8-15(24)22-10-13/h1-10,17,26H,(H,22,24). The van der Waals surface area contributed by atoms with Crippen LogP contribution in [0, 0.1) is 0 Å². The summed E-state index contributed by atoms with van der Waals surface area (Å²) in [5.41, 5.74) is 0.615. The van der Waals surface area contributed by atoms with Crippen LogP contribution in [0.5, 0.6) is 0 Å². The van der Waals surface area contributed by atoms with Crippen LogP contribution < -0.4 is 10.5 Å². The molecule has 1 unspecified atom stereocenters. The highest BCUT2D eigenvalue weighted by Crippen LogP contribution is 2.42. The molecule has 6 nitrogen and oxygen atoms in total. The Bertz CT molecular complexity index is 1130. The highest BCUT2D eigenvalue weighted by Gasteiger charge is 2.44. The first-order chi connectivity index (χ1) is 13.5. The van der Waals surface area contributed by atoms with Crippen LogP contribution in [0.2, 0.25) is 5.02 Å². The number of thiophene rings is 1. The monoisotopic (exact) mass is 412 g/mol. The average molecular weight is 413 g/mol. The Morgan fingerprint density at radius 2 is 1.86 bits per heavy atom. The lowest BCUT2D eigenvalue weighted by molar-refractivity contribution is -0.117. The normalized spacial score (nSPS) is 16.7. The highest BCUT2D eigenvalue weighted by atomic mass is 35.5. The molecule has 2 aromatic heterocycles. The minimum atomic E-state index is -0.856. The predicted octanol–water partition coefficient (Wildman–Crippen LogP) is 3.87. The molecule has 140 valence electrons. The Morgan fingerprint density at radius 3 is 2.46 bits per heavy atom. The van der Waals surface area contributed by atoms with Gasteiger partial charge in [-0.1, -0.05) is 29.8 Å². The number of pyridine rings is 1. The van der Waals surface area contributed by atoms with Crippen LogP contribution in [-0.4, -0.2) is 21.8 Å². The van der Waals surface area contributed by atoms with E-state index in [9.17, 15) is 19.5 Å². The molecule has 4 rings (SSSR count). The molecule has 1 aliphatic heterocycles. The Hall–Kier alpha value is -3.16. The third-order valence-electron chi connectivity index (χ3n) is 4.43. The van der Waals surface area contributed by atoms with E-state index in [1.165, 1.54) is 34.6 Å². The van der Waals surface area contributed by atoms with Crippen molar-refractivity contribution in [2.75, 3.05) is 4.90 Å². The van der Waals surface area contributed by atoms with Gasteiger partial charge in [0.05, 0.1) is 22.2 Å². The number of nitrogens with one attached hydrogen (secondary N) is 1. The van der Waals surface area contributed by atoms with Crippen LogP contribution in [0.25, 0.3) is 0 Å². The topological polar surface area (TPSA) is 90.5 Å². The number of H-pyrrole nitrogens is 1. The first-order valence-corrected chi connectivity index (χ1v) is 9.52. The number of Topliss-reactive ketones (excluding diaryl/α,β-unsaturated/α-hetero) is 1. The second-order valence-corrected chi connectivity index (χ2v) is 7.49. The fourth-order valence-corrected chi connectivity index (χ4v) is 3.96. The van der Waals surface area contributed by atoms with Crippen LogP contribution in [-0.2, 0) is 4.79 Å². The molecular weight excluding hydrogens is 400 g/mol. The lowest BCUT2D eigenvalue weighted by Gasteiger charge is -2.26. The maximum Gasteiger partial charge on any atom is 0.294 e. The van der Waals surface area contributed by atoms with Crippen molar-refractivity contribution in [2.45, 2.75) is 6.04 Å². The van der Waals surface area contributed by atoms with Crippen LogP contribution in [0.15, 0.2) is 76.2 Å². The predicted molar refractivity (Wildman–Crippen MR) is 107 cm³/mol. The summed E-state index contributed by atoms with van der Waals surface area (Å²) in [7, 11) is 0. The molecule has 8 heteroatoms. The Kier molecular flexibility index (Phi) is 4.62. The summed E-state index contributed by atoms with van der Waals surface area (Å²) < 4.78 is 0. The van der Waals surface area contributed by atoms with E-state index in [4.69, 9.17) is 11.6 Å². The number of aliphatic hydroxyl groups excluding tert-OH is 1. The van der Waals surface area contributed by atoms with Crippen LogP contribution in [0.4, 0.5) is 5.69 Å². The number of carbonyl (C=O) groups is 2. The number of benzene rings is 1. The first kappa shape index (κ1) is 18.2. The van der Waals surface area contributed by atoms with Gasteiger partial charge in [0.15, 0.2) is 5.76 Å². The SMILES string of the molecule is O=C(C1=C(O)C(=O)N(c2ccc(=O)[nH]c2)C1c1ccc(Cl)cc1)c1cccs1. The van der Waals surface area contributed by atoms with E-state index in [0.717, 1.165) is 0 Å². The average Bonchev–Trinajstić information content (AvgIpc) is 3.31. The van der Waals surface area contributed by atoms with Crippen molar-refractivity contribution in [3.63, 3.8) is 0 Å². The quantitative estimate of drug-likeness (QED) is 0.636. The maximum atomic E-state index is 13.1. The molecule has 3 heterocycles. The highest BCUT2D eigenvalue weighted by molar-refractivity contribution is 7.12. The number of aliphatic hydroxyl groups is 1. The van der Waals surface area contributed by atoms with Gasteiger partial charge in [-0.2, -0.15) is 0 Å². The number of hydrogen-bond donors (Lipinski definition) is 2. The van der Waals surface area contributed by atoms with Crippen molar-refractivity contribution in [1.29, 1.82) is 0 Å². The van der Waals surface area contributed by atoms with E-state index in [2.05, 4.69) is 4.98 Å². The zero-order valence-corrected chi connectivity index (χ0v) is 15.8.